The smallest absolute Gasteiger partial charge is 0.269 e. The molecule has 4 N–H and O–H groups in total. The van der Waals surface area contributed by atoms with Crippen LogP contribution in [0.25, 0.3) is 0 Å². The van der Waals surface area contributed by atoms with Gasteiger partial charge in [0.1, 0.15) is 12.6 Å². The molecule has 0 saturated heterocycles. The standard InChI is InChI=1S/C24H29N3O5S/c1-25-23(29)20(12-16-8-4-2-5-9-16)26-24(30)22-18(13-32-14-21(28)27-31)19(22)15-33-17-10-6-3-7-11-17/h2-11,18-20,22,31H,12-15H2,1H3,(H,25,29)(H,26,30)(H,27,28)/t18-,19-,20-,22-/m0/s1. The second kappa shape index (κ2) is 12.4. The number of carbonyl (C=O) groups is 3. The summed E-state index contributed by atoms with van der Waals surface area (Å²) < 4.78 is 5.40. The van der Waals surface area contributed by atoms with Crippen molar-refractivity contribution in [3.8, 4) is 0 Å². The van der Waals surface area contributed by atoms with Gasteiger partial charge in [0, 0.05) is 30.0 Å². The van der Waals surface area contributed by atoms with E-state index in [1.54, 1.807) is 18.8 Å². The molecule has 0 spiro atoms. The van der Waals surface area contributed by atoms with Crippen LogP contribution in [0.4, 0.5) is 0 Å². The molecule has 8 nitrogen and oxygen atoms in total. The van der Waals surface area contributed by atoms with Gasteiger partial charge in [-0.2, -0.15) is 0 Å². The molecule has 0 aromatic heterocycles. The fourth-order valence-electron chi connectivity index (χ4n) is 3.82. The fraction of sp³-hybridized carbons (Fsp3) is 0.375. The zero-order valence-electron chi connectivity index (χ0n) is 18.4. The molecular weight excluding hydrogens is 442 g/mol. The molecule has 2 aromatic carbocycles. The number of thioether (sulfide) groups is 1. The first-order chi connectivity index (χ1) is 16.0. The van der Waals surface area contributed by atoms with E-state index >= 15 is 0 Å². The van der Waals surface area contributed by atoms with Crippen molar-refractivity contribution in [1.29, 1.82) is 0 Å². The van der Waals surface area contributed by atoms with Gasteiger partial charge >= 0.3 is 0 Å². The molecule has 1 fully saturated rings. The maximum Gasteiger partial charge on any atom is 0.269 e. The zero-order valence-corrected chi connectivity index (χ0v) is 19.2. The van der Waals surface area contributed by atoms with Crippen LogP contribution in [0.5, 0.6) is 0 Å². The Morgan fingerprint density at radius 2 is 1.70 bits per heavy atom. The van der Waals surface area contributed by atoms with Crippen molar-refractivity contribution in [2.45, 2.75) is 17.4 Å². The van der Waals surface area contributed by atoms with E-state index < -0.39 is 11.9 Å². The Balaban J connectivity index is 1.63. The lowest BCUT2D eigenvalue weighted by atomic mass is 10.0. The quantitative estimate of drug-likeness (QED) is 0.212. The van der Waals surface area contributed by atoms with Crippen LogP contribution in [-0.2, 0) is 25.5 Å². The molecule has 176 valence electrons. The molecule has 9 heteroatoms. The van der Waals surface area contributed by atoms with Gasteiger partial charge in [0.2, 0.25) is 11.8 Å². The molecule has 2 aromatic rings. The molecule has 33 heavy (non-hydrogen) atoms. The van der Waals surface area contributed by atoms with Crippen LogP contribution in [0, 0.1) is 17.8 Å². The largest absolute Gasteiger partial charge is 0.371 e. The van der Waals surface area contributed by atoms with Gasteiger partial charge in [-0.15, -0.1) is 11.8 Å². The van der Waals surface area contributed by atoms with E-state index in [9.17, 15) is 14.4 Å². The van der Waals surface area contributed by atoms with Gasteiger partial charge in [-0.3, -0.25) is 19.6 Å². The maximum absolute atomic E-state index is 13.1. The highest BCUT2D eigenvalue weighted by Gasteiger charge is 2.54. The summed E-state index contributed by atoms with van der Waals surface area (Å²) in [6.07, 6.45) is 0.389. The number of likely N-dealkylation sites (N-methyl/N-ethyl adjacent to an activating group) is 1. The molecule has 4 atom stereocenters. The summed E-state index contributed by atoms with van der Waals surface area (Å²) in [5, 5.41) is 14.2. The number of benzene rings is 2. The number of nitrogens with one attached hydrogen (secondary N) is 3. The Hall–Kier alpha value is -2.88. The number of carbonyl (C=O) groups excluding carboxylic acids is 3. The first-order valence-electron chi connectivity index (χ1n) is 10.8. The summed E-state index contributed by atoms with van der Waals surface area (Å²) in [6.45, 7) is -0.0659. The summed E-state index contributed by atoms with van der Waals surface area (Å²) >= 11 is 1.66. The van der Waals surface area contributed by atoms with E-state index in [4.69, 9.17) is 9.94 Å². The van der Waals surface area contributed by atoms with Crippen LogP contribution < -0.4 is 16.1 Å². The minimum atomic E-state index is -0.685. The van der Waals surface area contributed by atoms with Gasteiger partial charge < -0.3 is 15.4 Å². The topological polar surface area (TPSA) is 117 Å². The van der Waals surface area contributed by atoms with Gasteiger partial charge in [-0.1, -0.05) is 48.5 Å². The molecule has 0 unspecified atom stereocenters. The predicted molar refractivity (Wildman–Crippen MR) is 125 cm³/mol. The van der Waals surface area contributed by atoms with Crippen molar-refractivity contribution in [1.82, 2.24) is 16.1 Å². The van der Waals surface area contributed by atoms with E-state index in [1.165, 1.54) is 5.48 Å². The first-order valence-corrected chi connectivity index (χ1v) is 11.8. The Labute approximate surface area is 197 Å². The summed E-state index contributed by atoms with van der Waals surface area (Å²) in [6, 6.07) is 18.7. The average molecular weight is 472 g/mol. The Bertz CT molecular complexity index is 928. The lowest BCUT2D eigenvalue weighted by molar-refractivity contribution is -0.134. The van der Waals surface area contributed by atoms with Gasteiger partial charge in [0.25, 0.3) is 5.91 Å². The monoisotopic (exact) mass is 471 g/mol. The maximum atomic E-state index is 13.1. The third-order valence-electron chi connectivity index (χ3n) is 5.65. The average Bonchev–Trinajstić information content (AvgIpc) is 3.55. The minimum Gasteiger partial charge on any atom is -0.371 e. The van der Waals surface area contributed by atoms with Crippen LogP contribution >= 0.6 is 11.8 Å². The van der Waals surface area contributed by atoms with E-state index in [2.05, 4.69) is 10.6 Å². The normalized spacial score (nSPS) is 19.9. The lowest BCUT2D eigenvalue weighted by Crippen LogP contribution is -2.47. The van der Waals surface area contributed by atoms with Crippen molar-refractivity contribution < 1.29 is 24.3 Å². The van der Waals surface area contributed by atoms with E-state index in [0.29, 0.717) is 12.2 Å². The number of hydroxylamine groups is 1. The summed E-state index contributed by atoms with van der Waals surface area (Å²) in [7, 11) is 1.55. The molecule has 3 rings (SSSR count). The van der Waals surface area contributed by atoms with E-state index in [-0.39, 0.29) is 42.8 Å². The first kappa shape index (κ1) is 24.8. The van der Waals surface area contributed by atoms with Crippen LogP contribution in [0.3, 0.4) is 0 Å². The van der Waals surface area contributed by atoms with Gasteiger partial charge in [-0.05, 0) is 29.5 Å². The molecule has 1 aliphatic carbocycles. The van der Waals surface area contributed by atoms with Crippen LogP contribution in [0.2, 0.25) is 0 Å². The summed E-state index contributed by atoms with van der Waals surface area (Å²) in [5.74, 6) is -0.722. The van der Waals surface area contributed by atoms with Gasteiger partial charge in [0.05, 0.1) is 6.61 Å². The minimum absolute atomic E-state index is 0.0504. The van der Waals surface area contributed by atoms with Gasteiger partial charge in [-0.25, -0.2) is 5.48 Å². The lowest BCUT2D eigenvalue weighted by Gasteiger charge is -2.17. The van der Waals surface area contributed by atoms with Crippen molar-refractivity contribution in [2.24, 2.45) is 17.8 Å². The number of ether oxygens (including phenoxy) is 1. The SMILES string of the molecule is CNC(=O)[C@H](Cc1ccccc1)NC(=O)[C@H]1[C@@H](COCC(=O)NO)[C@@H]1CSc1ccccc1. The second-order valence-corrected chi connectivity index (χ2v) is 8.99. The van der Waals surface area contributed by atoms with E-state index in [1.807, 2.05) is 60.7 Å². The van der Waals surface area contributed by atoms with Crippen molar-refractivity contribution in [3.63, 3.8) is 0 Å². The number of hydrogen-bond acceptors (Lipinski definition) is 6. The van der Waals surface area contributed by atoms with Crippen LogP contribution in [0.15, 0.2) is 65.6 Å². The van der Waals surface area contributed by atoms with E-state index in [0.717, 1.165) is 10.5 Å². The molecule has 0 heterocycles. The zero-order chi connectivity index (χ0) is 23.6. The second-order valence-electron chi connectivity index (χ2n) is 7.89. The van der Waals surface area contributed by atoms with Gasteiger partial charge in [0.15, 0.2) is 0 Å². The number of hydrogen-bond donors (Lipinski definition) is 4. The molecule has 0 bridgehead atoms. The summed E-state index contributed by atoms with van der Waals surface area (Å²) in [5.41, 5.74) is 2.48. The molecular formula is C24H29N3O5S. The molecule has 0 aliphatic heterocycles. The fourth-order valence-corrected chi connectivity index (χ4v) is 5.01. The number of amides is 3. The molecule has 3 amide bonds. The van der Waals surface area contributed by atoms with Crippen LogP contribution in [0.1, 0.15) is 5.56 Å². The Morgan fingerprint density at radius 1 is 1.03 bits per heavy atom. The Morgan fingerprint density at radius 3 is 2.33 bits per heavy atom. The molecule has 1 aliphatic rings. The third kappa shape index (κ3) is 7.31. The Kier molecular flexibility index (Phi) is 9.29. The number of rotatable bonds is 12. The highest BCUT2D eigenvalue weighted by molar-refractivity contribution is 7.99. The van der Waals surface area contributed by atoms with Crippen molar-refractivity contribution in [3.05, 3.63) is 66.2 Å². The highest BCUT2D eigenvalue weighted by Crippen LogP contribution is 2.49. The predicted octanol–water partition coefficient (Wildman–Crippen LogP) is 1.64. The summed E-state index contributed by atoms with van der Waals surface area (Å²) in [4.78, 5) is 37.9. The van der Waals surface area contributed by atoms with Crippen molar-refractivity contribution in [2.75, 3.05) is 26.0 Å². The van der Waals surface area contributed by atoms with Crippen molar-refractivity contribution >= 4 is 29.5 Å². The molecule has 1 saturated carbocycles. The molecule has 0 radical (unpaired) electrons. The van der Waals surface area contributed by atoms with Crippen LogP contribution in [-0.4, -0.2) is 55.0 Å². The third-order valence-corrected chi connectivity index (χ3v) is 6.81. The highest BCUT2D eigenvalue weighted by atomic mass is 32.2.